The normalized spacial score (nSPS) is 16.0. The minimum Gasteiger partial charge on any atom is -0.366 e. The Kier molecular flexibility index (Phi) is 3.20. The van der Waals surface area contributed by atoms with Crippen molar-refractivity contribution in [2.75, 3.05) is 31.1 Å². The van der Waals surface area contributed by atoms with Crippen molar-refractivity contribution in [1.82, 2.24) is 14.9 Å². The number of fused-ring (bicyclic) bond motifs is 4. The van der Waals surface area contributed by atoms with Gasteiger partial charge in [-0.05, 0) is 24.3 Å². The first-order chi connectivity index (χ1) is 12.7. The molecule has 1 N–H and O–H groups in total. The molecular formula is C19H15FN4O2. The van der Waals surface area contributed by atoms with Gasteiger partial charge in [0, 0.05) is 26.2 Å². The second-order valence-corrected chi connectivity index (χ2v) is 6.45. The predicted molar refractivity (Wildman–Crippen MR) is 95.8 cm³/mol. The average Bonchev–Trinajstić information content (AvgIpc) is 2.95. The first-order valence-corrected chi connectivity index (χ1v) is 8.52. The molecule has 0 radical (unpaired) electrons. The summed E-state index contributed by atoms with van der Waals surface area (Å²) in [5.41, 5.74) is 1.06. The molecule has 3 heterocycles. The van der Waals surface area contributed by atoms with E-state index in [9.17, 15) is 14.0 Å². The fourth-order valence-corrected chi connectivity index (χ4v) is 3.78. The van der Waals surface area contributed by atoms with Crippen LogP contribution in [0.4, 0.5) is 10.1 Å². The van der Waals surface area contributed by atoms with E-state index >= 15 is 0 Å². The molecule has 2 aliphatic rings. The molecule has 26 heavy (non-hydrogen) atoms. The summed E-state index contributed by atoms with van der Waals surface area (Å²) in [6.45, 7) is 2.63. The summed E-state index contributed by atoms with van der Waals surface area (Å²) in [7, 11) is 0. The van der Waals surface area contributed by atoms with Gasteiger partial charge in [-0.2, -0.15) is 0 Å². The Morgan fingerprint density at radius 3 is 2.62 bits per heavy atom. The lowest BCUT2D eigenvalue weighted by Crippen LogP contribution is -2.44. The number of anilines is 1. The smallest absolute Gasteiger partial charge is 0.266 e. The number of rotatable bonds is 1. The highest BCUT2D eigenvalue weighted by molar-refractivity contribution is 6.17. The van der Waals surface area contributed by atoms with E-state index in [1.165, 1.54) is 16.7 Å². The molecule has 0 bridgehead atoms. The van der Waals surface area contributed by atoms with Crippen LogP contribution >= 0.6 is 0 Å². The summed E-state index contributed by atoms with van der Waals surface area (Å²) in [6.07, 6.45) is 0. The maximum atomic E-state index is 14.7. The van der Waals surface area contributed by atoms with Gasteiger partial charge >= 0.3 is 0 Å². The van der Waals surface area contributed by atoms with E-state index in [0.29, 0.717) is 42.8 Å². The van der Waals surface area contributed by atoms with Crippen LogP contribution in [0.1, 0.15) is 16.2 Å². The van der Waals surface area contributed by atoms with E-state index < -0.39 is 11.6 Å². The molecule has 1 aromatic heterocycles. The van der Waals surface area contributed by atoms with Crippen LogP contribution in [0.5, 0.6) is 0 Å². The molecule has 7 heteroatoms. The van der Waals surface area contributed by atoms with Gasteiger partial charge < -0.3 is 10.2 Å². The molecule has 5 rings (SSSR count). The summed E-state index contributed by atoms with van der Waals surface area (Å²) in [6, 6.07) is 9.72. The lowest BCUT2D eigenvalue weighted by atomic mass is 10.1. The highest BCUT2D eigenvalue weighted by Gasteiger charge is 2.35. The van der Waals surface area contributed by atoms with Gasteiger partial charge in [0.2, 0.25) is 5.78 Å². The lowest BCUT2D eigenvalue weighted by molar-refractivity contribution is 0.103. The minimum atomic E-state index is -0.454. The Morgan fingerprint density at radius 1 is 1.04 bits per heavy atom. The van der Waals surface area contributed by atoms with Crippen molar-refractivity contribution in [3.05, 3.63) is 64.0 Å². The van der Waals surface area contributed by atoms with Crippen LogP contribution in [0.3, 0.4) is 0 Å². The molecule has 0 amide bonds. The van der Waals surface area contributed by atoms with Crippen LogP contribution in [-0.2, 0) is 0 Å². The molecule has 3 aromatic rings. The number of carbonyl (C=O) groups excluding carboxylic acids is 1. The molecule has 130 valence electrons. The second kappa shape index (κ2) is 5.47. The summed E-state index contributed by atoms with van der Waals surface area (Å²) in [4.78, 5) is 32.3. The van der Waals surface area contributed by atoms with Crippen LogP contribution in [0, 0.1) is 5.82 Å². The number of ketones is 1. The monoisotopic (exact) mass is 350 g/mol. The largest absolute Gasteiger partial charge is 0.366 e. The number of nitrogens with one attached hydrogen (secondary N) is 1. The Hall–Kier alpha value is -3.06. The number of para-hydroxylation sites is 1. The third-order valence-electron chi connectivity index (χ3n) is 4.99. The van der Waals surface area contributed by atoms with Gasteiger partial charge in [0.1, 0.15) is 5.82 Å². The first kappa shape index (κ1) is 15.2. The number of benzene rings is 2. The molecule has 2 aliphatic heterocycles. The van der Waals surface area contributed by atoms with E-state index in [1.54, 1.807) is 24.3 Å². The van der Waals surface area contributed by atoms with Crippen molar-refractivity contribution in [2.45, 2.75) is 0 Å². The van der Waals surface area contributed by atoms with Crippen molar-refractivity contribution in [3.63, 3.8) is 0 Å². The van der Waals surface area contributed by atoms with Crippen molar-refractivity contribution >= 4 is 22.4 Å². The molecule has 0 aliphatic carbocycles. The fourth-order valence-electron chi connectivity index (χ4n) is 3.78. The van der Waals surface area contributed by atoms with Crippen LogP contribution in [0.2, 0.25) is 0 Å². The van der Waals surface area contributed by atoms with E-state index in [2.05, 4.69) is 10.3 Å². The van der Waals surface area contributed by atoms with Gasteiger partial charge in [0.15, 0.2) is 5.82 Å². The Labute approximate surface area is 147 Å². The van der Waals surface area contributed by atoms with Crippen molar-refractivity contribution in [2.24, 2.45) is 0 Å². The number of hydrogen-bond acceptors (Lipinski definition) is 5. The zero-order valence-corrected chi connectivity index (χ0v) is 13.8. The average molecular weight is 350 g/mol. The number of nitrogens with zero attached hydrogens (tertiary/aromatic N) is 3. The molecule has 1 fully saturated rings. The molecule has 6 nitrogen and oxygen atoms in total. The number of halogens is 1. The molecule has 0 saturated carbocycles. The third kappa shape index (κ3) is 1.97. The molecule has 0 spiro atoms. The highest BCUT2D eigenvalue weighted by Crippen LogP contribution is 2.36. The third-order valence-corrected chi connectivity index (χ3v) is 4.99. The zero-order valence-electron chi connectivity index (χ0n) is 13.8. The van der Waals surface area contributed by atoms with Gasteiger partial charge in [-0.3, -0.25) is 14.2 Å². The Bertz CT molecular complexity index is 1130. The SMILES string of the molecule is O=C1c2c(ccc(F)c2N2CCNCC2)-n2c1nc1ccccc1c2=O. The van der Waals surface area contributed by atoms with Gasteiger partial charge in [-0.1, -0.05) is 12.1 Å². The minimum absolute atomic E-state index is 0.0469. The van der Waals surface area contributed by atoms with E-state index in [-0.39, 0.29) is 22.6 Å². The van der Waals surface area contributed by atoms with Crippen LogP contribution < -0.4 is 15.8 Å². The Balaban J connectivity index is 1.81. The van der Waals surface area contributed by atoms with Crippen molar-refractivity contribution < 1.29 is 9.18 Å². The second-order valence-electron chi connectivity index (χ2n) is 6.45. The van der Waals surface area contributed by atoms with Gasteiger partial charge in [-0.25, -0.2) is 9.37 Å². The molecule has 1 saturated heterocycles. The predicted octanol–water partition coefficient (Wildman–Crippen LogP) is 1.48. The molecular weight excluding hydrogens is 335 g/mol. The topological polar surface area (TPSA) is 67.2 Å². The van der Waals surface area contributed by atoms with Crippen molar-refractivity contribution in [1.29, 1.82) is 0 Å². The van der Waals surface area contributed by atoms with Gasteiger partial charge in [0.25, 0.3) is 5.56 Å². The number of aromatic nitrogens is 2. The van der Waals surface area contributed by atoms with E-state index in [1.807, 2.05) is 4.90 Å². The Morgan fingerprint density at radius 2 is 1.81 bits per heavy atom. The standard InChI is InChI=1S/C19H15FN4O2/c20-12-5-6-14-15(16(12)23-9-7-21-8-10-23)17(25)18-22-13-4-2-1-3-11(13)19(26)24(14)18/h1-6,21H,7-10H2. The van der Waals surface area contributed by atoms with E-state index in [0.717, 1.165) is 0 Å². The highest BCUT2D eigenvalue weighted by atomic mass is 19.1. The van der Waals surface area contributed by atoms with E-state index in [4.69, 9.17) is 0 Å². The molecule has 2 aromatic carbocycles. The van der Waals surface area contributed by atoms with Crippen LogP contribution in [-0.4, -0.2) is 41.5 Å². The summed E-state index contributed by atoms with van der Waals surface area (Å²) in [5, 5.41) is 3.65. The molecule has 0 atom stereocenters. The van der Waals surface area contributed by atoms with Gasteiger partial charge in [0.05, 0.1) is 27.8 Å². The number of piperazine rings is 1. The first-order valence-electron chi connectivity index (χ1n) is 8.52. The lowest BCUT2D eigenvalue weighted by Gasteiger charge is -2.30. The maximum absolute atomic E-state index is 14.7. The molecule has 0 unspecified atom stereocenters. The fraction of sp³-hybridized carbons (Fsp3) is 0.211. The van der Waals surface area contributed by atoms with Crippen molar-refractivity contribution in [3.8, 4) is 5.69 Å². The quantitative estimate of drug-likeness (QED) is 0.563. The summed E-state index contributed by atoms with van der Waals surface area (Å²) in [5.74, 6) is -0.814. The zero-order chi connectivity index (χ0) is 17.8. The van der Waals surface area contributed by atoms with Gasteiger partial charge in [-0.15, -0.1) is 0 Å². The number of hydrogen-bond donors (Lipinski definition) is 1. The van der Waals surface area contributed by atoms with Crippen LogP contribution in [0.15, 0.2) is 41.2 Å². The number of carbonyl (C=O) groups is 1. The summed E-state index contributed by atoms with van der Waals surface area (Å²) < 4.78 is 16.0. The summed E-state index contributed by atoms with van der Waals surface area (Å²) >= 11 is 0. The maximum Gasteiger partial charge on any atom is 0.266 e. The van der Waals surface area contributed by atoms with Crippen LogP contribution in [0.25, 0.3) is 16.6 Å².